The lowest BCUT2D eigenvalue weighted by Crippen LogP contribution is -2.20. The zero-order valence-electron chi connectivity index (χ0n) is 9.78. The van der Waals surface area contributed by atoms with Crippen molar-refractivity contribution in [1.29, 1.82) is 0 Å². The summed E-state index contributed by atoms with van der Waals surface area (Å²) in [7, 11) is 0. The molecule has 0 N–H and O–H groups in total. The molecule has 1 aromatic heterocycles. The first-order valence-electron chi connectivity index (χ1n) is 5.93. The van der Waals surface area contributed by atoms with Crippen LogP contribution >= 0.6 is 11.6 Å². The molecular weight excluding hydrogens is 234 g/mol. The summed E-state index contributed by atoms with van der Waals surface area (Å²) in [6, 6.07) is 6.10. The SMILES string of the molecule is Cc1cccc2nc(Cl)nc(N3CCCC3)c12. The van der Waals surface area contributed by atoms with Gasteiger partial charge in [-0.05, 0) is 43.0 Å². The summed E-state index contributed by atoms with van der Waals surface area (Å²) in [6.45, 7) is 4.23. The molecular formula is C13H14ClN3. The van der Waals surface area contributed by atoms with Crippen LogP contribution in [0.15, 0.2) is 18.2 Å². The van der Waals surface area contributed by atoms with Crippen molar-refractivity contribution in [3.8, 4) is 0 Å². The van der Waals surface area contributed by atoms with Crippen molar-refractivity contribution < 1.29 is 0 Å². The van der Waals surface area contributed by atoms with Crippen LogP contribution in [-0.2, 0) is 0 Å². The van der Waals surface area contributed by atoms with Gasteiger partial charge in [0.15, 0.2) is 0 Å². The van der Waals surface area contributed by atoms with E-state index in [1.807, 2.05) is 12.1 Å². The Morgan fingerprint density at radius 2 is 1.94 bits per heavy atom. The lowest BCUT2D eigenvalue weighted by atomic mass is 10.1. The Bertz CT molecular complexity index is 562. The van der Waals surface area contributed by atoms with E-state index in [-0.39, 0.29) is 0 Å². The van der Waals surface area contributed by atoms with Gasteiger partial charge in [0.1, 0.15) is 5.82 Å². The highest BCUT2D eigenvalue weighted by Crippen LogP contribution is 2.30. The summed E-state index contributed by atoms with van der Waals surface area (Å²) in [5.74, 6) is 0.996. The standard InChI is InChI=1S/C13H14ClN3/c1-9-5-4-6-10-11(9)12(16-13(14)15-10)17-7-2-3-8-17/h4-6H,2-3,7-8H2,1H3. The molecule has 2 aromatic rings. The summed E-state index contributed by atoms with van der Waals surface area (Å²) in [5.41, 5.74) is 2.15. The molecule has 0 radical (unpaired) electrons. The van der Waals surface area contributed by atoms with Gasteiger partial charge in [-0.3, -0.25) is 0 Å². The van der Waals surface area contributed by atoms with Crippen molar-refractivity contribution >= 4 is 28.3 Å². The highest BCUT2D eigenvalue weighted by molar-refractivity contribution is 6.28. The van der Waals surface area contributed by atoms with Crippen molar-refractivity contribution in [3.05, 3.63) is 29.0 Å². The summed E-state index contributed by atoms with van der Waals surface area (Å²) >= 11 is 6.01. The molecule has 0 aliphatic carbocycles. The van der Waals surface area contributed by atoms with E-state index in [0.717, 1.165) is 29.8 Å². The number of halogens is 1. The molecule has 1 aromatic carbocycles. The molecule has 1 aliphatic heterocycles. The van der Waals surface area contributed by atoms with E-state index in [1.54, 1.807) is 0 Å². The highest BCUT2D eigenvalue weighted by Gasteiger charge is 2.18. The highest BCUT2D eigenvalue weighted by atomic mass is 35.5. The fraction of sp³-hybridized carbons (Fsp3) is 0.385. The lowest BCUT2D eigenvalue weighted by Gasteiger charge is -2.19. The van der Waals surface area contributed by atoms with Crippen molar-refractivity contribution in [3.63, 3.8) is 0 Å². The molecule has 2 heterocycles. The Balaban J connectivity index is 2.27. The Kier molecular flexibility index (Phi) is 2.63. The monoisotopic (exact) mass is 247 g/mol. The molecule has 0 unspecified atom stereocenters. The molecule has 88 valence electrons. The van der Waals surface area contributed by atoms with E-state index in [4.69, 9.17) is 11.6 Å². The fourth-order valence-electron chi connectivity index (χ4n) is 2.46. The van der Waals surface area contributed by atoms with Gasteiger partial charge in [-0.1, -0.05) is 12.1 Å². The maximum absolute atomic E-state index is 6.01. The number of fused-ring (bicyclic) bond motifs is 1. The number of aromatic nitrogens is 2. The van der Waals surface area contributed by atoms with E-state index in [9.17, 15) is 0 Å². The third-order valence-electron chi connectivity index (χ3n) is 3.29. The van der Waals surface area contributed by atoms with E-state index in [1.165, 1.54) is 18.4 Å². The average Bonchev–Trinajstić information content (AvgIpc) is 2.81. The third-order valence-corrected chi connectivity index (χ3v) is 3.46. The quantitative estimate of drug-likeness (QED) is 0.725. The predicted molar refractivity (Wildman–Crippen MR) is 70.7 cm³/mol. The molecule has 3 rings (SSSR count). The molecule has 0 atom stereocenters. The molecule has 1 fully saturated rings. The van der Waals surface area contributed by atoms with Crippen LogP contribution < -0.4 is 4.90 Å². The molecule has 1 aliphatic rings. The summed E-state index contributed by atoms with van der Waals surface area (Å²) in [5, 5.41) is 1.48. The van der Waals surface area contributed by atoms with Crippen LogP contribution in [0.2, 0.25) is 5.28 Å². The van der Waals surface area contributed by atoms with Gasteiger partial charge in [-0.2, -0.15) is 4.98 Å². The van der Waals surface area contributed by atoms with Gasteiger partial charge in [-0.15, -0.1) is 0 Å². The van der Waals surface area contributed by atoms with Gasteiger partial charge < -0.3 is 4.90 Å². The topological polar surface area (TPSA) is 29.0 Å². The van der Waals surface area contributed by atoms with Crippen LogP contribution in [0, 0.1) is 6.92 Å². The zero-order chi connectivity index (χ0) is 11.8. The Labute approximate surface area is 105 Å². The second-order valence-electron chi connectivity index (χ2n) is 4.48. The van der Waals surface area contributed by atoms with E-state index in [0.29, 0.717) is 5.28 Å². The molecule has 0 spiro atoms. The van der Waals surface area contributed by atoms with Crippen molar-refractivity contribution in [2.45, 2.75) is 19.8 Å². The predicted octanol–water partition coefficient (Wildman–Crippen LogP) is 3.19. The molecule has 3 nitrogen and oxygen atoms in total. The van der Waals surface area contributed by atoms with Gasteiger partial charge in [0.2, 0.25) is 5.28 Å². The van der Waals surface area contributed by atoms with Gasteiger partial charge in [0.25, 0.3) is 0 Å². The van der Waals surface area contributed by atoms with E-state index >= 15 is 0 Å². The average molecular weight is 248 g/mol. The summed E-state index contributed by atoms with van der Waals surface area (Å²) in [6.07, 6.45) is 2.46. The van der Waals surface area contributed by atoms with Crippen LogP contribution in [-0.4, -0.2) is 23.1 Å². The van der Waals surface area contributed by atoms with Gasteiger partial charge in [0, 0.05) is 18.5 Å². The Morgan fingerprint density at radius 1 is 1.18 bits per heavy atom. The smallest absolute Gasteiger partial charge is 0.224 e. The number of hydrogen-bond acceptors (Lipinski definition) is 3. The van der Waals surface area contributed by atoms with Crippen molar-refractivity contribution in [2.24, 2.45) is 0 Å². The van der Waals surface area contributed by atoms with Crippen LogP contribution in [0.3, 0.4) is 0 Å². The first-order valence-corrected chi connectivity index (χ1v) is 6.31. The lowest BCUT2D eigenvalue weighted by molar-refractivity contribution is 0.938. The maximum atomic E-state index is 6.01. The fourth-order valence-corrected chi connectivity index (χ4v) is 2.63. The Morgan fingerprint density at radius 3 is 2.71 bits per heavy atom. The third kappa shape index (κ3) is 1.84. The van der Waals surface area contributed by atoms with E-state index in [2.05, 4.69) is 27.9 Å². The van der Waals surface area contributed by atoms with Crippen LogP contribution in [0.5, 0.6) is 0 Å². The first kappa shape index (κ1) is 10.8. The first-order chi connectivity index (χ1) is 8.25. The minimum absolute atomic E-state index is 0.338. The molecule has 0 amide bonds. The maximum Gasteiger partial charge on any atom is 0.224 e. The number of benzene rings is 1. The molecule has 1 saturated heterocycles. The van der Waals surface area contributed by atoms with Crippen molar-refractivity contribution in [2.75, 3.05) is 18.0 Å². The van der Waals surface area contributed by atoms with Crippen molar-refractivity contribution in [1.82, 2.24) is 9.97 Å². The second kappa shape index (κ2) is 4.15. The van der Waals surface area contributed by atoms with Crippen LogP contribution in [0.1, 0.15) is 18.4 Å². The van der Waals surface area contributed by atoms with Gasteiger partial charge in [-0.25, -0.2) is 4.98 Å². The number of rotatable bonds is 1. The van der Waals surface area contributed by atoms with E-state index < -0.39 is 0 Å². The normalized spacial score (nSPS) is 15.8. The molecule has 4 heteroatoms. The van der Waals surface area contributed by atoms with Crippen LogP contribution in [0.4, 0.5) is 5.82 Å². The Hall–Kier alpha value is -1.35. The number of nitrogens with zero attached hydrogens (tertiary/aromatic N) is 3. The second-order valence-corrected chi connectivity index (χ2v) is 4.82. The zero-order valence-corrected chi connectivity index (χ0v) is 10.5. The minimum atomic E-state index is 0.338. The number of hydrogen-bond donors (Lipinski definition) is 0. The minimum Gasteiger partial charge on any atom is -0.356 e. The molecule has 0 saturated carbocycles. The van der Waals surface area contributed by atoms with Gasteiger partial charge in [0.05, 0.1) is 5.52 Å². The number of aryl methyl sites for hydroxylation is 1. The molecule has 0 bridgehead atoms. The van der Waals surface area contributed by atoms with Gasteiger partial charge >= 0.3 is 0 Å². The summed E-state index contributed by atoms with van der Waals surface area (Å²) < 4.78 is 0. The largest absolute Gasteiger partial charge is 0.356 e. The van der Waals surface area contributed by atoms with Crippen LogP contribution in [0.25, 0.3) is 10.9 Å². The summed E-state index contributed by atoms with van der Waals surface area (Å²) in [4.78, 5) is 11.0. The molecule has 17 heavy (non-hydrogen) atoms. The number of anilines is 1.